The third-order valence-electron chi connectivity index (χ3n) is 5.66. The van der Waals surface area contributed by atoms with Crippen molar-refractivity contribution >= 4 is 34.9 Å². The maximum Gasteiger partial charge on any atom is 0.321 e. The van der Waals surface area contributed by atoms with Crippen LogP contribution in [0.15, 0.2) is 48.5 Å². The molecule has 2 aliphatic heterocycles. The molecule has 0 aliphatic carbocycles. The zero-order valence-electron chi connectivity index (χ0n) is 17.4. The van der Waals surface area contributed by atoms with E-state index < -0.39 is 0 Å². The van der Waals surface area contributed by atoms with Gasteiger partial charge in [-0.25, -0.2) is 4.79 Å². The molecule has 0 unspecified atom stereocenters. The largest absolute Gasteiger partial charge is 0.378 e. The van der Waals surface area contributed by atoms with Gasteiger partial charge >= 0.3 is 6.03 Å². The lowest BCUT2D eigenvalue weighted by atomic mass is 10.1. The lowest BCUT2D eigenvalue weighted by molar-refractivity contribution is 0.0762. The maximum absolute atomic E-state index is 13.0. The van der Waals surface area contributed by atoms with Crippen LogP contribution in [0.1, 0.15) is 16.8 Å². The molecule has 3 amide bonds. The van der Waals surface area contributed by atoms with Gasteiger partial charge in [-0.2, -0.15) is 0 Å². The minimum Gasteiger partial charge on any atom is -0.378 e. The van der Waals surface area contributed by atoms with Gasteiger partial charge in [-0.1, -0.05) is 11.6 Å². The van der Waals surface area contributed by atoms with Crippen LogP contribution in [0, 0.1) is 0 Å². The highest BCUT2D eigenvalue weighted by Gasteiger charge is 2.23. The second-order valence-corrected chi connectivity index (χ2v) is 8.15. The van der Waals surface area contributed by atoms with Crippen molar-refractivity contribution in [3.8, 4) is 0 Å². The molecule has 0 aromatic heterocycles. The van der Waals surface area contributed by atoms with Gasteiger partial charge in [0.15, 0.2) is 0 Å². The summed E-state index contributed by atoms with van der Waals surface area (Å²) in [5.74, 6) is 0.00786. The normalized spacial score (nSPS) is 17.3. The van der Waals surface area contributed by atoms with Crippen molar-refractivity contribution in [1.29, 1.82) is 0 Å². The Morgan fingerprint density at radius 2 is 1.45 bits per heavy atom. The molecule has 2 heterocycles. The molecular formula is C23H27ClN4O3. The second-order valence-electron chi connectivity index (χ2n) is 7.72. The number of amides is 3. The molecule has 2 aromatic carbocycles. The average Bonchev–Trinajstić information content (AvgIpc) is 3.07. The van der Waals surface area contributed by atoms with Crippen LogP contribution < -0.4 is 10.2 Å². The molecule has 0 saturated carbocycles. The minimum absolute atomic E-state index is 0.00786. The number of hydrogen-bond donors (Lipinski definition) is 1. The van der Waals surface area contributed by atoms with Crippen LogP contribution in [-0.4, -0.2) is 74.2 Å². The quantitative estimate of drug-likeness (QED) is 0.789. The Kier molecular flexibility index (Phi) is 6.94. The van der Waals surface area contributed by atoms with Crippen LogP contribution in [0.25, 0.3) is 0 Å². The number of carbonyl (C=O) groups is 2. The average molecular weight is 443 g/mol. The van der Waals surface area contributed by atoms with Crippen LogP contribution in [0.4, 0.5) is 16.2 Å². The fraction of sp³-hybridized carbons (Fsp3) is 0.391. The van der Waals surface area contributed by atoms with Gasteiger partial charge in [0.25, 0.3) is 5.91 Å². The Labute approximate surface area is 187 Å². The summed E-state index contributed by atoms with van der Waals surface area (Å²) in [5.41, 5.74) is 2.49. The Hall–Kier alpha value is -2.77. The molecule has 31 heavy (non-hydrogen) atoms. The van der Waals surface area contributed by atoms with Gasteiger partial charge in [0.2, 0.25) is 0 Å². The highest BCUT2D eigenvalue weighted by atomic mass is 35.5. The molecule has 2 saturated heterocycles. The number of hydrogen-bond acceptors (Lipinski definition) is 4. The standard InChI is InChI=1S/C23H27ClN4O3/c24-19-4-6-20(7-5-19)25-23(30)28-11-1-10-27(12-13-28)22(29)18-2-8-21(9-3-18)26-14-16-31-17-15-26/h2-9H,1,10-17H2,(H,25,30). The van der Waals surface area contributed by atoms with Crippen molar-refractivity contribution in [1.82, 2.24) is 9.80 Å². The zero-order chi connectivity index (χ0) is 21.6. The van der Waals surface area contributed by atoms with Crippen LogP contribution in [0.3, 0.4) is 0 Å². The topological polar surface area (TPSA) is 65.1 Å². The molecule has 0 bridgehead atoms. The van der Waals surface area contributed by atoms with Crippen molar-refractivity contribution in [2.24, 2.45) is 0 Å². The summed E-state index contributed by atoms with van der Waals surface area (Å²) in [6, 6.07) is 14.7. The van der Waals surface area contributed by atoms with Gasteiger partial charge in [0.05, 0.1) is 13.2 Å². The van der Waals surface area contributed by atoms with Crippen molar-refractivity contribution in [3.05, 3.63) is 59.1 Å². The summed E-state index contributed by atoms with van der Waals surface area (Å²) < 4.78 is 5.40. The molecule has 164 valence electrons. The van der Waals surface area contributed by atoms with E-state index >= 15 is 0 Å². The molecule has 2 fully saturated rings. The molecule has 2 aromatic rings. The van der Waals surface area contributed by atoms with E-state index in [1.807, 2.05) is 29.2 Å². The molecule has 4 rings (SSSR count). The fourth-order valence-electron chi connectivity index (χ4n) is 3.88. The predicted molar refractivity (Wildman–Crippen MR) is 122 cm³/mol. The lowest BCUT2D eigenvalue weighted by Gasteiger charge is -2.29. The van der Waals surface area contributed by atoms with Gasteiger partial charge in [-0.3, -0.25) is 4.79 Å². The number of halogens is 1. The summed E-state index contributed by atoms with van der Waals surface area (Å²) in [5, 5.41) is 3.52. The van der Waals surface area contributed by atoms with Crippen molar-refractivity contribution in [2.45, 2.75) is 6.42 Å². The molecule has 7 nitrogen and oxygen atoms in total. The minimum atomic E-state index is -0.161. The number of morpholine rings is 1. The SMILES string of the molecule is O=C(Nc1ccc(Cl)cc1)N1CCCN(C(=O)c2ccc(N3CCOCC3)cc2)CC1. The molecule has 1 N–H and O–H groups in total. The first-order valence-corrected chi connectivity index (χ1v) is 11.0. The van der Waals surface area contributed by atoms with Crippen LogP contribution in [-0.2, 0) is 4.74 Å². The number of anilines is 2. The maximum atomic E-state index is 13.0. The smallest absolute Gasteiger partial charge is 0.321 e. The highest BCUT2D eigenvalue weighted by molar-refractivity contribution is 6.30. The van der Waals surface area contributed by atoms with Gasteiger partial charge in [-0.15, -0.1) is 0 Å². The Balaban J connectivity index is 1.32. The lowest BCUT2D eigenvalue weighted by Crippen LogP contribution is -2.39. The summed E-state index contributed by atoms with van der Waals surface area (Å²) >= 11 is 5.89. The van der Waals surface area contributed by atoms with Gasteiger partial charge in [-0.05, 0) is 55.0 Å². The first kappa shape index (κ1) is 21.5. The van der Waals surface area contributed by atoms with Crippen molar-refractivity contribution < 1.29 is 14.3 Å². The van der Waals surface area contributed by atoms with E-state index in [9.17, 15) is 9.59 Å². The number of carbonyl (C=O) groups excluding carboxylic acids is 2. The Morgan fingerprint density at radius 3 is 2.16 bits per heavy atom. The van der Waals surface area contributed by atoms with Gasteiger partial charge in [0, 0.05) is 61.2 Å². The number of urea groups is 1. The first-order valence-electron chi connectivity index (χ1n) is 10.6. The number of ether oxygens (including phenoxy) is 1. The summed E-state index contributed by atoms with van der Waals surface area (Å²) in [4.78, 5) is 31.5. The third-order valence-corrected chi connectivity index (χ3v) is 5.91. The monoisotopic (exact) mass is 442 g/mol. The number of benzene rings is 2. The van der Waals surface area contributed by atoms with E-state index in [4.69, 9.17) is 16.3 Å². The van der Waals surface area contributed by atoms with Crippen molar-refractivity contribution in [3.63, 3.8) is 0 Å². The van der Waals surface area contributed by atoms with E-state index in [2.05, 4.69) is 10.2 Å². The zero-order valence-corrected chi connectivity index (χ0v) is 18.2. The molecule has 0 atom stereocenters. The summed E-state index contributed by atoms with van der Waals surface area (Å²) in [7, 11) is 0. The predicted octanol–water partition coefficient (Wildman–Crippen LogP) is 3.56. The van der Waals surface area contributed by atoms with E-state index in [-0.39, 0.29) is 11.9 Å². The molecule has 8 heteroatoms. The van der Waals surface area contributed by atoms with Gasteiger partial charge < -0.3 is 24.8 Å². The summed E-state index contributed by atoms with van der Waals surface area (Å²) in [6.07, 6.45) is 0.742. The van der Waals surface area contributed by atoms with Gasteiger partial charge in [0.1, 0.15) is 0 Å². The Morgan fingerprint density at radius 1 is 0.806 bits per heavy atom. The van der Waals surface area contributed by atoms with E-state index in [1.165, 1.54) is 0 Å². The van der Waals surface area contributed by atoms with Crippen LogP contribution in [0.2, 0.25) is 5.02 Å². The van der Waals surface area contributed by atoms with Crippen LogP contribution in [0.5, 0.6) is 0 Å². The Bertz CT molecular complexity index is 898. The summed E-state index contributed by atoms with van der Waals surface area (Å²) in [6.45, 7) is 5.46. The van der Waals surface area contributed by atoms with E-state index in [0.29, 0.717) is 42.5 Å². The fourth-order valence-corrected chi connectivity index (χ4v) is 4.00. The molecule has 0 spiro atoms. The molecular weight excluding hydrogens is 416 g/mol. The van der Waals surface area contributed by atoms with E-state index in [1.54, 1.807) is 29.2 Å². The molecule has 0 radical (unpaired) electrons. The highest BCUT2D eigenvalue weighted by Crippen LogP contribution is 2.19. The second kappa shape index (κ2) is 10.0. The first-order chi connectivity index (χ1) is 15.1. The van der Waals surface area contributed by atoms with Crippen molar-refractivity contribution in [2.75, 3.05) is 62.7 Å². The number of rotatable bonds is 3. The van der Waals surface area contributed by atoms with Crippen LogP contribution >= 0.6 is 11.6 Å². The van der Waals surface area contributed by atoms with E-state index in [0.717, 1.165) is 38.4 Å². The molecule has 2 aliphatic rings. The number of nitrogens with zero attached hydrogens (tertiary/aromatic N) is 3. The number of nitrogens with one attached hydrogen (secondary N) is 1. The third kappa shape index (κ3) is 5.48.